The molecule has 3 atom stereocenters. The van der Waals surface area contributed by atoms with Gasteiger partial charge in [-0.05, 0) is 41.0 Å². The molecule has 0 aliphatic rings. The minimum Gasteiger partial charge on any atom is -0.469 e. The summed E-state index contributed by atoms with van der Waals surface area (Å²) in [5.41, 5.74) is 3.20. The monoisotopic (exact) mass is 576 g/mol. The van der Waals surface area contributed by atoms with E-state index in [1.54, 1.807) is 24.4 Å². The van der Waals surface area contributed by atoms with E-state index in [-0.39, 0.29) is 19.4 Å². The Morgan fingerprint density at radius 1 is 1.10 bits per heavy atom. The molecule has 2 N–H and O–H groups in total. The number of hydrogen-bond acceptors (Lipinski definition) is 7. The Hall–Kier alpha value is -3.82. The van der Waals surface area contributed by atoms with Crippen molar-refractivity contribution in [2.75, 3.05) is 13.7 Å². The van der Waals surface area contributed by atoms with Gasteiger partial charge in [-0.15, -0.1) is 0 Å². The lowest BCUT2D eigenvalue weighted by Gasteiger charge is -2.34. The van der Waals surface area contributed by atoms with Crippen LogP contribution in [0.1, 0.15) is 46.4 Å². The molecule has 0 saturated heterocycles. The number of pyridine rings is 1. The van der Waals surface area contributed by atoms with Crippen LogP contribution < -0.4 is 5.43 Å². The molecule has 3 rings (SSSR count). The highest BCUT2D eigenvalue weighted by Gasteiger charge is 2.35. The molecule has 42 heavy (non-hydrogen) atoms. The van der Waals surface area contributed by atoms with Crippen molar-refractivity contribution in [2.45, 2.75) is 52.4 Å². The van der Waals surface area contributed by atoms with Gasteiger partial charge in [-0.25, -0.2) is 5.01 Å². The zero-order valence-corrected chi connectivity index (χ0v) is 23.9. The molecule has 3 aromatic rings. The number of nitrogens with one attached hydrogen (secondary N) is 1. The van der Waals surface area contributed by atoms with Crippen molar-refractivity contribution < 1.29 is 32.5 Å². The first-order valence-corrected chi connectivity index (χ1v) is 13.7. The van der Waals surface area contributed by atoms with Crippen LogP contribution in [0.3, 0.4) is 0 Å². The summed E-state index contributed by atoms with van der Waals surface area (Å²) in [4.78, 5) is 42.0. The SMILES string of the molecule is [2H]C([2H])([2H])C(C)([C@H](CC(=O)OC)C(=O)NN(Cc1ccc(-c2ccccn2)cc1)C[C@H](O)[C@@H](C[B]C=O)Cc1ccccc1)C([2H])([2H])[2H]. The molecule has 2 aromatic carbocycles. The fourth-order valence-electron chi connectivity index (χ4n) is 4.63. The molecule has 1 heterocycles. The van der Waals surface area contributed by atoms with Crippen molar-refractivity contribution in [1.29, 1.82) is 0 Å². The fraction of sp³-hybridized carbons (Fsp3) is 0.394. The number of aromatic nitrogens is 1. The van der Waals surface area contributed by atoms with Gasteiger partial charge in [0.05, 0.1) is 37.4 Å². The van der Waals surface area contributed by atoms with Crippen LogP contribution in [0, 0.1) is 17.3 Å². The molecule has 8 nitrogen and oxygen atoms in total. The van der Waals surface area contributed by atoms with Crippen molar-refractivity contribution in [3.05, 3.63) is 90.1 Å². The Morgan fingerprint density at radius 2 is 1.81 bits per heavy atom. The Balaban J connectivity index is 1.99. The Kier molecular flexibility index (Phi) is 9.42. The van der Waals surface area contributed by atoms with E-state index in [1.165, 1.54) is 12.3 Å². The van der Waals surface area contributed by atoms with Gasteiger partial charge in [-0.3, -0.25) is 20.0 Å². The lowest BCUT2D eigenvalue weighted by molar-refractivity contribution is -0.148. The number of hydrazine groups is 1. The van der Waals surface area contributed by atoms with Gasteiger partial charge >= 0.3 is 5.97 Å². The fourth-order valence-corrected chi connectivity index (χ4v) is 4.63. The highest BCUT2D eigenvalue weighted by molar-refractivity contribution is 6.66. The summed E-state index contributed by atoms with van der Waals surface area (Å²) in [6.45, 7) is -5.57. The molecule has 0 spiro atoms. The number of ether oxygens (including phenoxy) is 1. The zero-order chi connectivity index (χ0) is 35.5. The van der Waals surface area contributed by atoms with E-state index in [0.717, 1.165) is 30.9 Å². The van der Waals surface area contributed by atoms with Crippen molar-refractivity contribution in [3.63, 3.8) is 0 Å². The van der Waals surface area contributed by atoms with Crippen LogP contribution in [0.5, 0.6) is 0 Å². The number of benzene rings is 2. The van der Waals surface area contributed by atoms with Crippen molar-refractivity contribution in [3.8, 4) is 11.3 Å². The molecule has 1 radical (unpaired) electrons. The van der Waals surface area contributed by atoms with Gasteiger partial charge < -0.3 is 14.6 Å². The van der Waals surface area contributed by atoms with Crippen LogP contribution in [0.25, 0.3) is 11.3 Å². The smallest absolute Gasteiger partial charge is 0.306 e. The maximum Gasteiger partial charge on any atom is 0.306 e. The van der Waals surface area contributed by atoms with Crippen LogP contribution in [0.2, 0.25) is 6.32 Å². The molecular weight excluding hydrogens is 529 g/mol. The third-order valence-electron chi connectivity index (χ3n) is 7.00. The van der Waals surface area contributed by atoms with E-state index < -0.39 is 55.4 Å². The molecule has 0 saturated carbocycles. The molecule has 0 aliphatic heterocycles. The summed E-state index contributed by atoms with van der Waals surface area (Å²) in [5.74, 6) is -4.31. The van der Waals surface area contributed by atoms with Crippen LogP contribution >= 0.6 is 0 Å². The second kappa shape index (κ2) is 16.0. The van der Waals surface area contributed by atoms with Gasteiger partial charge in [0.15, 0.2) is 7.28 Å². The van der Waals surface area contributed by atoms with E-state index in [9.17, 15) is 19.5 Å². The van der Waals surface area contributed by atoms with Gasteiger partial charge in [-0.2, -0.15) is 0 Å². The maximum atomic E-state index is 14.0. The summed E-state index contributed by atoms with van der Waals surface area (Å²) in [6, 6.07) is 22.2. The van der Waals surface area contributed by atoms with Gasteiger partial charge in [0.25, 0.3) is 0 Å². The van der Waals surface area contributed by atoms with Crippen molar-refractivity contribution >= 4 is 25.3 Å². The Labute approximate surface area is 258 Å². The third-order valence-corrected chi connectivity index (χ3v) is 7.00. The van der Waals surface area contributed by atoms with Gasteiger partial charge in [0, 0.05) is 33.1 Å². The molecule has 0 aliphatic carbocycles. The molecule has 1 amide bonds. The first-order chi connectivity index (χ1) is 22.6. The number of amides is 1. The van der Waals surface area contributed by atoms with Crippen molar-refractivity contribution in [2.24, 2.45) is 17.3 Å². The number of carbonyl (C=O) groups is 3. The molecule has 221 valence electrons. The maximum absolute atomic E-state index is 14.0. The second-order valence-electron chi connectivity index (χ2n) is 10.4. The minimum absolute atomic E-state index is 0.0178. The first kappa shape index (κ1) is 24.8. The summed E-state index contributed by atoms with van der Waals surface area (Å²) < 4.78 is 53.4. The van der Waals surface area contributed by atoms with Gasteiger partial charge in [0.1, 0.15) is 0 Å². The number of aliphatic hydroxyl groups excluding tert-OH is 1. The molecular formula is C33H41BN3O5. The number of esters is 1. The van der Waals surface area contributed by atoms with E-state index in [4.69, 9.17) is 13.0 Å². The van der Waals surface area contributed by atoms with E-state index in [1.807, 2.05) is 54.6 Å². The number of rotatable bonds is 15. The highest BCUT2D eigenvalue weighted by Crippen LogP contribution is 2.30. The molecule has 0 bridgehead atoms. The standard InChI is InChI=1S/C33H41BN3O5/c1-33(2,3)28(19-31(40)42-4)32(41)36-37(21-25-13-15-26(16-14-25)29-12-8-9-17-35-29)22-30(39)27(20-34-23-38)18-24-10-6-5-7-11-24/h5-17,23,27-28,30,39H,18-22H2,1-4H3,(H,36,41)/t27-,28-,30+/m1/s1/i1D3,2D3. The number of methoxy groups -OCH3 is 1. The molecule has 0 fully saturated rings. The quantitative estimate of drug-likeness (QED) is 0.120. The highest BCUT2D eigenvalue weighted by atomic mass is 16.5. The zero-order valence-electron chi connectivity index (χ0n) is 29.9. The van der Waals surface area contributed by atoms with Gasteiger partial charge in [0.2, 0.25) is 5.91 Å². The van der Waals surface area contributed by atoms with E-state index in [0.29, 0.717) is 18.2 Å². The summed E-state index contributed by atoms with van der Waals surface area (Å²) in [6.07, 6.45) is 1.05. The van der Waals surface area contributed by atoms with Crippen LogP contribution in [-0.4, -0.2) is 60.2 Å². The predicted octanol–water partition coefficient (Wildman–Crippen LogP) is 4.34. The molecule has 0 unspecified atom stereocenters. The average molecular weight is 577 g/mol. The molecule has 1 aromatic heterocycles. The summed E-state index contributed by atoms with van der Waals surface area (Å²) in [5, 5.41) is 12.9. The summed E-state index contributed by atoms with van der Waals surface area (Å²) >= 11 is 0. The average Bonchev–Trinajstić information content (AvgIpc) is 3.05. The van der Waals surface area contributed by atoms with E-state index >= 15 is 0 Å². The van der Waals surface area contributed by atoms with Crippen LogP contribution in [-0.2, 0) is 32.1 Å². The minimum atomic E-state index is -3.18. The number of hydrogen-bond donors (Lipinski definition) is 2. The van der Waals surface area contributed by atoms with Crippen LogP contribution in [0.15, 0.2) is 79.0 Å². The van der Waals surface area contributed by atoms with Gasteiger partial charge in [-0.1, -0.05) is 87.6 Å². The second-order valence-corrected chi connectivity index (χ2v) is 10.4. The Morgan fingerprint density at radius 3 is 2.43 bits per heavy atom. The number of carbonyl (C=O) groups excluding carboxylic acids is 3. The van der Waals surface area contributed by atoms with Crippen LogP contribution in [0.4, 0.5) is 0 Å². The molecule has 9 heteroatoms. The lowest BCUT2D eigenvalue weighted by atomic mass is 9.68. The van der Waals surface area contributed by atoms with Crippen molar-refractivity contribution in [1.82, 2.24) is 15.4 Å². The normalized spacial score (nSPS) is 16.3. The lowest BCUT2D eigenvalue weighted by Crippen LogP contribution is -2.51. The Bertz CT molecular complexity index is 1460. The number of nitrogens with zero attached hydrogens (tertiary/aromatic N) is 2. The largest absolute Gasteiger partial charge is 0.469 e. The predicted molar refractivity (Wildman–Crippen MR) is 165 cm³/mol. The summed E-state index contributed by atoms with van der Waals surface area (Å²) in [7, 11) is 2.46. The van der Waals surface area contributed by atoms with E-state index in [2.05, 4.69) is 10.4 Å². The third kappa shape index (κ3) is 10.2. The first-order valence-electron chi connectivity index (χ1n) is 16.7. The topological polar surface area (TPSA) is 109 Å². The number of aliphatic hydroxyl groups is 1.